The van der Waals surface area contributed by atoms with Crippen molar-refractivity contribution in [2.45, 2.75) is 46.3 Å². The summed E-state index contributed by atoms with van der Waals surface area (Å²) in [4.78, 5) is 27.4. The highest BCUT2D eigenvalue weighted by molar-refractivity contribution is 7.92. The van der Waals surface area contributed by atoms with Gasteiger partial charge in [0, 0.05) is 17.6 Å². The van der Waals surface area contributed by atoms with E-state index in [0.29, 0.717) is 10.7 Å². The summed E-state index contributed by atoms with van der Waals surface area (Å²) in [5.74, 6) is -0.820. The van der Waals surface area contributed by atoms with Gasteiger partial charge in [0.25, 0.3) is 0 Å². The molecule has 0 unspecified atom stereocenters. The molecule has 2 amide bonds. The smallest absolute Gasteiger partial charge is 0.244 e. The molecule has 0 bridgehead atoms. The van der Waals surface area contributed by atoms with Crippen LogP contribution in [0.3, 0.4) is 0 Å². The van der Waals surface area contributed by atoms with Gasteiger partial charge >= 0.3 is 0 Å². The fourth-order valence-corrected chi connectivity index (χ4v) is 4.21. The first-order chi connectivity index (χ1) is 14.9. The zero-order valence-corrected chi connectivity index (χ0v) is 20.6. The summed E-state index contributed by atoms with van der Waals surface area (Å²) in [6.07, 6.45) is 1.05. The van der Waals surface area contributed by atoms with E-state index in [0.717, 1.165) is 21.7 Å². The van der Waals surface area contributed by atoms with Gasteiger partial charge in [0.2, 0.25) is 21.8 Å². The van der Waals surface area contributed by atoms with Crippen LogP contribution in [0.1, 0.15) is 31.9 Å². The SMILES string of the molecule is Cc1ccc(N(CC(=O)N(Cc2cccc(Cl)c2)[C@H](C)C(=O)NC(C)C)S(C)(=O)=O)cc1. The summed E-state index contributed by atoms with van der Waals surface area (Å²) in [6, 6.07) is 12.9. The average molecular weight is 480 g/mol. The van der Waals surface area contributed by atoms with E-state index in [2.05, 4.69) is 5.32 Å². The van der Waals surface area contributed by atoms with Gasteiger partial charge in [-0.2, -0.15) is 0 Å². The molecule has 174 valence electrons. The number of nitrogens with one attached hydrogen (secondary N) is 1. The molecule has 0 radical (unpaired) electrons. The maximum absolute atomic E-state index is 13.4. The highest BCUT2D eigenvalue weighted by Crippen LogP contribution is 2.20. The van der Waals surface area contributed by atoms with Crippen LogP contribution in [0.15, 0.2) is 48.5 Å². The lowest BCUT2D eigenvalue weighted by molar-refractivity contribution is -0.139. The van der Waals surface area contributed by atoms with Crippen LogP contribution in [0.2, 0.25) is 5.02 Å². The number of carbonyl (C=O) groups is 2. The van der Waals surface area contributed by atoms with Crippen LogP contribution in [0, 0.1) is 6.92 Å². The van der Waals surface area contributed by atoms with E-state index in [4.69, 9.17) is 11.6 Å². The number of halogens is 1. The van der Waals surface area contributed by atoms with Crippen molar-refractivity contribution < 1.29 is 18.0 Å². The van der Waals surface area contributed by atoms with E-state index >= 15 is 0 Å². The molecule has 0 spiro atoms. The Hall–Kier alpha value is -2.58. The van der Waals surface area contributed by atoms with Crippen molar-refractivity contribution in [2.24, 2.45) is 0 Å². The van der Waals surface area contributed by atoms with Crippen molar-refractivity contribution in [3.05, 3.63) is 64.7 Å². The number of aryl methyl sites for hydroxylation is 1. The van der Waals surface area contributed by atoms with Crippen LogP contribution in [0.4, 0.5) is 5.69 Å². The third-order valence-corrected chi connectivity index (χ3v) is 6.22. The minimum Gasteiger partial charge on any atom is -0.352 e. The molecule has 9 heteroatoms. The Balaban J connectivity index is 2.38. The molecular weight excluding hydrogens is 450 g/mol. The number of anilines is 1. The van der Waals surface area contributed by atoms with Crippen LogP contribution in [-0.2, 0) is 26.2 Å². The first kappa shape index (κ1) is 25.7. The van der Waals surface area contributed by atoms with Crippen molar-refractivity contribution in [1.29, 1.82) is 0 Å². The Bertz CT molecular complexity index is 1060. The Labute approximate surface area is 195 Å². The number of nitrogens with zero attached hydrogens (tertiary/aromatic N) is 2. The van der Waals surface area contributed by atoms with Gasteiger partial charge in [0.1, 0.15) is 12.6 Å². The predicted octanol–water partition coefficient (Wildman–Crippen LogP) is 3.36. The molecule has 0 heterocycles. The molecule has 0 aliphatic carbocycles. The molecule has 0 aliphatic rings. The second-order valence-electron chi connectivity index (χ2n) is 8.10. The second kappa shape index (κ2) is 10.8. The molecule has 7 nitrogen and oxygen atoms in total. The summed E-state index contributed by atoms with van der Waals surface area (Å²) in [5.41, 5.74) is 2.08. The van der Waals surface area contributed by atoms with Crippen molar-refractivity contribution in [2.75, 3.05) is 17.1 Å². The van der Waals surface area contributed by atoms with Gasteiger partial charge in [-0.05, 0) is 57.5 Å². The molecular formula is C23H30ClN3O4S. The molecule has 32 heavy (non-hydrogen) atoms. The quantitative estimate of drug-likeness (QED) is 0.597. The highest BCUT2D eigenvalue weighted by atomic mass is 35.5. The Morgan fingerprint density at radius 1 is 1.06 bits per heavy atom. The molecule has 2 rings (SSSR count). The Morgan fingerprint density at radius 2 is 1.69 bits per heavy atom. The topological polar surface area (TPSA) is 86.8 Å². The summed E-state index contributed by atoms with van der Waals surface area (Å²) in [7, 11) is -3.74. The monoisotopic (exact) mass is 479 g/mol. The zero-order valence-electron chi connectivity index (χ0n) is 19.0. The Morgan fingerprint density at radius 3 is 2.22 bits per heavy atom. The third kappa shape index (κ3) is 7.24. The standard InChI is InChI=1S/C23H30ClN3O4S/c1-16(2)25-23(29)18(4)26(14-19-7-6-8-20(24)13-19)22(28)15-27(32(5,30)31)21-11-9-17(3)10-12-21/h6-13,16,18H,14-15H2,1-5H3,(H,25,29)/t18-/m1/s1. The minimum atomic E-state index is -3.74. The van der Waals surface area contributed by atoms with Crippen molar-refractivity contribution in [3.63, 3.8) is 0 Å². The summed E-state index contributed by atoms with van der Waals surface area (Å²) in [5, 5.41) is 3.31. The molecule has 0 saturated heterocycles. The number of carbonyl (C=O) groups excluding carboxylic acids is 2. The molecule has 2 aromatic carbocycles. The summed E-state index contributed by atoms with van der Waals surface area (Å²) < 4.78 is 26.0. The van der Waals surface area contributed by atoms with E-state index < -0.39 is 28.5 Å². The maximum atomic E-state index is 13.4. The first-order valence-electron chi connectivity index (χ1n) is 10.3. The molecule has 1 N–H and O–H groups in total. The predicted molar refractivity (Wildman–Crippen MR) is 128 cm³/mol. The molecule has 0 aliphatic heterocycles. The van der Waals surface area contributed by atoms with Gasteiger partial charge in [-0.3, -0.25) is 13.9 Å². The lowest BCUT2D eigenvalue weighted by Gasteiger charge is -2.32. The molecule has 0 saturated carbocycles. The minimum absolute atomic E-state index is 0.104. The average Bonchev–Trinajstić information content (AvgIpc) is 2.69. The normalized spacial score (nSPS) is 12.3. The lowest BCUT2D eigenvalue weighted by Crippen LogP contribution is -2.52. The molecule has 1 atom stereocenters. The fraction of sp³-hybridized carbons (Fsp3) is 0.391. The highest BCUT2D eigenvalue weighted by Gasteiger charge is 2.30. The number of amides is 2. The lowest BCUT2D eigenvalue weighted by atomic mass is 10.1. The fourth-order valence-electron chi connectivity index (χ4n) is 3.14. The van der Waals surface area contributed by atoms with Crippen molar-refractivity contribution in [1.82, 2.24) is 10.2 Å². The number of sulfonamides is 1. The van der Waals surface area contributed by atoms with E-state index in [9.17, 15) is 18.0 Å². The van der Waals surface area contributed by atoms with Crippen molar-refractivity contribution in [3.8, 4) is 0 Å². The summed E-state index contributed by atoms with van der Waals surface area (Å²) in [6.45, 7) is 6.85. The van der Waals surface area contributed by atoms with Gasteiger partial charge < -0.3 is 10.2 Å². The van der Waals surface area contributed by atoms with Gasteiger partial charge in [0.05, 0.1) is 11.9 Å². The number of rotatable bonds is 9. The molecule has 0 aromatic heterocycles. The van der Waals surface area contributed by atoms with Crippen LogP contribution in [0.5, 0.6) is 0 Å². The van der Waals surface area contributed by atoms with Gasteiger partial charge in [-0.25, -0.2) is 8.42 Å². The summed E-state index contributed by atoms with van der Waals surface area (Å²) >= 11 is 6.09. The van der Waals surface area contributed by atoms with E-state index in [1.54, 1.807) is 55.5 Å². The number of hydrogen-bond donors (Lipinski definition) is 1. The van der Waals surface area contributed by atoms with Crippen LogP contribution in [0.25, 0.3) is 0 Å². The second-order valence-corrected chi connectivity index (χ2v) is 10.4. The van der Waals surface area contributed by atoms with Gasteiger partial charge in [0.15, 0.2) is 0 Å². The maximum Gasteiger partial charge on any atom is 0.244 e. The van der Waals surface area contributed by atoms with Gasteiger partial charge in [-0.15, -0.1) is 0 Å². The van der Waals surface area contributed by atoms with Gasteiger partial charge in [-0.1, -0.05) is 41.4 Å². The van der Waals surface area contributed by atoms with Crippen molar-refractivity contribution >= 4 is 39.1 Å². The largest absolute Gasteiger partial charge is 0.352 e. The van der Waals surface area contributed by atoms with Crippen LogP contribution < -0.4 is 9.62 Å². The third-order valence-electron chi connectivity index (χ3n) is 4.84. The zero-order chi connectivity index (χ0) is 24.1. The first-order valence-corrected chi connectivity index (χ1v) is 12.5. The molecule has 2 aromatic rings. The van der Waals surface area contributed by atoms with E-state index in [1.165, 1.54) is 4.90 Å². The molecule has 0 fully saturated rings. The number of hydrogen-bond acceptors (Lipinski definition) is 4. The van der Waals surface area contributed by atoms with Crippen LogP contribution >= 0.6 is 11.6 Å². The number of benzene rings is 2. The van der Waals surface area contributed by atoms with E-state index in [-0.39, 0.29) is 18.5 Å². The Kier molecular flexibility index (Phi) is 8.69. The van der Waals surface area contributed by atoms with Crippen LogP contribution in [-0.4, -0.2) is 50.0 Å². The van der Waals surface area contributed by atoms with E-state index in [1.807, 2.05) is 20.8 Å².